The first-order valence-corrected chi connectivity index (χ1v) is 5.49. The van der Waals surface area contributed by atoms with E-state index < -0.39 is 0 Å². The lowest BCUT2D eigenvalue weighted by Crippen LogP contribution is -2.61. The molecular formula is C11H12BrNO2. The molecule has 1 fully saturated rings. The predicted molar refractivity (Wildman–Crippen MR) is 62.7 cm³/mol. The van der Waals surface area contributed by atoms with Gasteiger partial charge in [0.25, 0.3) is 0 Å². The first-order chi connectivity index (χ1) is 7.04. The molecule has 80 valence electrons. The number of alkyl halides is 1. The van der Waals surface area contributed by atoms with Crippen LogP contribution >= 0.6 is 15.9 Å². The largest absolute Gasteiger partial charge is 0.497 e. The van der Waals surface area contributed by atoms with E-state index in [1.807, 2.05) is 31.2 Å². The number of β-lactam (4-membered cyclic amide) rings is 1. The molecule has 3 nitrogen and oxygen atoms in total. The van der Waals surface area contributed by atoms with Gasteiger partial charge in [0.2, 0.25) is 5.91 Å². The fraction of sp³-hybridized carbons (Fsp3) is 0.364. The number of carbonyl (C=O) groups excluding carboxylic acids is 1. The topological polar surface area (TPSA) is 29.5 Å². The minimum atomic E-state index is -0.382. The molecule has 0 bridgehead atoms. The van der Waals surface area contributed by atoms with Gasteiger partial charge < -0.3 is 9.64 Å². The Bertz CT molecular complexity index is 386. The number of rotatable bonds is 2. The zero-order valence-electron chi connectivity index (χ0n) is 8.66. The van der Waals surface area contributed by atoms with Gasteiger partial charge in [0.15, 0.2) is 0 Å². The first kappa shape index (κ1) is 10.5. The van der Waals surface area contributed by atoms with Crippen LogP contribution in [0.4, 0.5) is 5.69 Å². The average Bonchev–Trinajstić information content (AvgIpc) is 2.26. The van der Waals surface area contributed by atoms with Crippen molar-refractivity contribution in [2.45, 2.75) is 11.2 Å². The Balaban J connectivity index is 2.16. The van der Waals surface area contributed by atoms with Gasteiger partial charge in [-0.15, -0.1) is 0 Å². The Labute approximate surface area is 97.2 Å². The molecule has 15 heavy (non-hydrogen) atoms. The normalized spacial score (nSPS) is 25.0. The van der Waals surface area contributed by atoms with E-state index >= 15 is 0 Å². The van der Waals surface area contributed by atoms with Crippen molar-refractivity contribution in [1.29, 1.82) is 0 Å². The maximum absolute atomic E-state index is 11.7. The quantitative estimate of drug-likeness (QED) is 0.609. The number of benzene rings is 1. The molecule has 1 heterocycles. The van der Waals surface area contributed by atoms with E-state index in [1.54, 1.807) is 12.0 Å². The van der Waals surface area contributed by atoms with Gasteiger partial charge in [0, 0.05) is 12.2 Å². The van der Waals surface area contributed by atoms with Crippen LogP contribution in [0.2, 0.25) is 0 Å². The summed E-state index contributed by atoms with van der Waals surface area (Å²) in [6.45, 7) is 2.59. The van der Waals surface area contributed by atoms with Crippen molar-refractivity contribution in [3.8, 4) is 5.75 Å². The fourth-order valence-corrected chi connectivity index (χ4v) is 2.06. The molecule has 1 saturated heterocycles. The van der Waals surface area contributed by atoms with E-state index in [4.69, 9.17) is 4.74 Å². The van der Waals surface area contributed by atoms with Gasteiger partial charge in [-0.3, -0.25) is 4.79 Å². The van der Waals surface area contributed by atoms with E-state index in [1.165, 1.54) is 0 Å². The lowest BCUT2D eigenvalue weighted by Gasteiger charge is -2.42. The van der Waals surface area contributed by atoms with Crippen LogP contribution in [0.5, 0.6) is 5.75 Å². The van der Waals surface area contributed by atoms with Crippen molar-refractivity contribution in [1.82, 2.24) is 0 Å². The molecule has 1 aromatic carbocycles. The second kappa shape index (κ2) is 3.52. The van der Waals surface area contributed by atoms with Crippen molar-refractivity contribution < 1.29 is 9.53 Å². The van der Waals surface area contributed by atoms with Gasteiger partial charge in [0.1, 0.15) is 10.1 Å². The number of carbonyl (C=O) groups is 1. The average molecular weight is 270 g/mol. The summed E-state index contributed by atoms with van der Waals surface area (Å²) in [4.78, 5) is 13.4. The standard InChI is InChI=1S/C11H12BrNO2/c1-11(12)7-13(10(11)14)8-3-5-9(15-2)6-4-8/h3-6H,7H2,1-2H3. The summed E-state index contributed by atoms with van der Waals surface area (Å²) in [5, 5.41) is 0. The summed E-state index contributed by atoms with van der Waals surface area (Å²) in [5.74, 6) is 0.904. The summed E-state index contributed by atoms with van der Waals surface area (Å²) < 4.78 is 4.67. The Morgan fingerprint density at radius 3 is 2.40 bits per heavy atom. The van der Waals surface area contributed by atoms with Crippen LogP contribution in [0.25, 0.3) is 0 Å². The Morgan fingerprint density at radius 2 is 2.00 bits per heavy atom. The van der Waals surface area contributed by atoms with Gasteiger partial charge in [-0.2, -0.15) is 0 Å². The van der Waals surface area contributed by atoms with Gasteiger partial charge in [-0.25, -0.2) is 0 Å². The molecule has 1 aliphatic rings. The highest BCUT2D eigenvalue weighted by Gasteiger charge is 2.46. The van der Waals surface area contributed by atoms with Crippen molar-refractivity contribution >= 4 is 27.5 Å². The monoisotopic (exact) mass is 269 g/mol. The lowest BCUT2D eigenvalue weighted by atomic mass is 10.00. The molecular weight excluding hydrogens is 258 g/mol. The molecule has 0 radical (unpaired) electrons. The second-order valence-corrected chi connectivity index (χ2v) is 5.54. The van der Waals surface area contributed by atoms with Crippen molar-refractivity contribution in [3.63, 3.8) is 0 Å². The van der Waals surface area contributed by atoms with Crippen LogP contribution in [0.3, 0.4) is 0 Å². The van der Waals surface area contributed by atoms with Crippen molar-refractivity contribution in [3.05, 3.63) is 24.3 Å². The lowest BCUT2D eigenvalue weighted by molar-refractivity contribution is -0.124. The summed E-state index contributed by atoms with van der Waals surface area (Å²) in [7, 11) is 1.62. The van der Waals surface area contributed by atoms with E-state index in [0.717, 1.165) is 11.4 Å². The van der Waals surface area contributed by atoms with Crippen LogP contribution in [-0.2, 0) is 4.79 Å². The summed E-state index contributed by atoms with van der Waals surface area (Å²) >= 11 is 3.38. The molecule has 1 aromatic rings. The molecule has 1 amide bonds. The molecule has 0 N–H and O–H groups in total. The molecule has 0 saturated carbocycles. The molecule has 0 aromatic heterocycles. The van der Waals surface area contributed by atoms with E-state index in [9.17, 15) is 4.79 Å². The van der Waals surface area contributed by atoms with E-state index in [2.05, 4.69) is 15.9 Å². The fourth-order valence-electron chi connectivity index (χ4n) is 1.60. The van der Waals surface area contributed by atoms with Crippen LogP contribution in [0.1, 0.15) is 6.92 Å². The van der Waals surface area contributed by atoms with Crippen LogP contribution in [0.15, 0.2) is 24.3 Å². The predicted octanol–water partition coefficient (Wildman–Crippen LogP) is 2.20. The maximum Gasteiger partial charge on any atom is 0.245 e. The van der Waals surface area contributed by atoms with E-state index in [0.29, 0.717) is 6.54 Å². The third kappa shape index (κ3) is 1.74. The zero-order chi connectivity index (χ0) is 11.1. The highest BCUT2D eigenvalue weighted by atomic mass is 79.9. The number of hydrogen-bond donors (Lipinski definition) is 0. The highest BCUT2D eigenvalue weighted by molar-refractivity contribution is 9.10. The van der Waals surface area contributed by atoms with Gasteiger partial charge in [-0.1, -0.05) is 15.9 Å². The summed E-state index contributed by atoms with van der Waals surface area (Å²) in [6, 6.07) is 7.48. The number of halogens is 1. The number of amides is 1. The smallest absolute Gasteiger partial charge is 0.245 e. The Kier molecular flexibility index (Phi) is 2.46. The zero-order valence-corrected chi connectivity index (χ0v) is 10.2. The minimum absolute atomic E-state index is 0.104. The minimum Gasteiger partial charge on any atom is -0.497 e. The number of anilines is 1. The van der Waals surface area contributed by atoms with Crippen molar-refractivity contribution in [2.75, 3.05) is 18.6 Å². The molecule has 2 rings (SSSR count). The second-order valence-electron chi connectivity index (χ2n) is 3.79. The summed E-state index contributed by atoms with van der Waals surface area (Å²) in [6.07, 6.45) is 0. The summed E-state index contributed by atoms with van der Waals surface area (Å²) in [5.41, 5.74) is 0.915. The molecule has 4 heteroatoms. The SMILES string of the molecule is COc1ccc(N2CC(C)(Br)C2=O)cc1. The van der Waals surface area contributed by atoms with E-state index in [-0.39, 0.29) is 10.2 Å². The molecule has 1 unspecified atom stereocenters. The number of nitrogens with zero attached hydrogens (tertiary/aromatic N) is 1. The maximum atomic E-state index is 11.7. The first-order valence-electron chi connectivity index (χ1n) is 4.69. The molecule has 0 spiro atoms. The van der Waals surface area contributed by atoms with Crippen LogP contribution < -0.4 is 9.64 Å². The molecule has 0 aliphatic carbocycles. The number of methoxy groups -OCH3 is 1. The third-order valence-corrected chi connectivity index (χ3v) is 3.12. The van der Waals surface area contributed by atoms with Gasteiger partial charge in [-0.05, 0) is 31.2 Å². The third-order valence-electron chi connectivity index (χ3n) is 2.53. The number of hydrogen-bond acceptors (Lipinski definition) is 2. The molecule has 1 atom stereocenters. The van der Waals surface area contributed by atoms with Crippen molar-refractivity contribution in [2.24, 2.45) is 0 Å². The number of ether oxygens (including phenoxy) is 1. The van der Waals surface area contributed by atoms with Gasteiger partial charge >= 0.3 is 0 Å². The Morgan fingerprint density at radius 1 is 1.40 bits per heavy atom. The van der Waals surface area contributed by atoms with Gasteiger partial charge in [0.05, 0.1) is 7.11 Å². The Hall–Kier alpha value is -1.03. The molecule has 1 aliphatic heterocycles. The highest BCUT2D eigenvalue weighted by Crippen LogP contribution is 2.35. The van der Waals surface area contributed by atoms with Crippen LogP contribution in [-0.4, -0.2) is 23.9 Å². The van der Waals surface area contributed by atoms with Crippen LogP contribution in [0, 0.1) is 0 Å².